The van der Waals surface area contributed by atoms with Gasteiger partial charge in [-0.25, -0.2) is 8.42 Å². The van der Waals surface area contributed by atoms with Crippen molar-refractivity contribution in [2.75, 3.05) is 11.5 Å². The summed E-state index contributed by atoms with van der Waals surface area (Å²) in [5.74, 6) is 0.620. The van der Waals surface area contributed by atoms with E-state index in [-0.39, 0.29) is 6.04 Å². The highest BCUT2D eigenvalue weighted by Gasteiger charge is 2.24. The zero-order valence-corrected chi connectivity index (χ0v) is 10.8. The van der Waals surface area contributed by atoms with Crippen LogP contribution in [-0.2, 0) is 9.84 Å². The summed E-state index contributed by atoms with van der Waals surface area (Å²) in [5, 5.41) is 3.47. The Balaban J connectivity index is 1.90. The first-order valence-corrected chi connectivity index (χ1v) is 7.75. The van der Waals surface area contributed by atoms with E-state index in [0.717, 1.165) is 5.56 Å². The van der Waals surface area contributed by atoms with Crippen LogP contribution in [-0.4, -0.2) is 30.9 Å². The minimum atomic E-state index is -2.77. The van der Waals surface area contributed by atoms with Crippen molar-refractivity contribution >= 4 is 9.84 Å². The Hall–Kier alpha value is -0.940. The number of hydrogen-bond acceptors (Lipinski definition) is 4. The number of nitrogens with one attached hydrogen (secondary N) is 1. The van der Waals surface area contributed by atoms with Gasteiger partial charge in [-0.3, -0.25) is 4.98 Å². The van der Waals surface area contributed by atoms with Crippen molar-refractivity contribution in [2.24, 2.45) is 0 Å². The summed E-state index contributed by atoms with van der Waals surface area (Å²) in [7, 11) is -2.77. The van der Waals surface area contributed by atoms with Crippen LogP contribution in [0.1, 0.15) is 31.4 Å². The monoisotopic (exact) mass is 254 g/mol. The summed E-state index contributed by atoms with van der Waals surface area (Å²) < 4.78 is 22.6. The van der Waals surface area contributed by atoms with E-state index in [1.54, 1.807) is 6.20 Å². The van der Waals surface area contributed by atoms with Gasteiger partial charge in [0.05, 0.1) is 11.5 Å². The first-order chi connectivity index (χ1) is 8.07. The minimum Gasteiger partial charge on any atom is -0.307 e. The molecule has 5 heteroatoms. The van der Waals surface area contributed by atoms with Gasteiger partial charge in [-0.05, 0) is 31.4 Å². The molecule has 4 nitrogen and oxygen atoms in total. The van der Waals surface area contributed by atoms with Gasteiger partial charge in [0.2, 0.25) is 0 Å². The lowest BCUT2D eigenvalue weighted by Crippen LogP contribution is -2.38. The Morgan fingerprint density at radius 1 is 1.41 bits per heavy atom. The molecule has 1 aliphatic heterocycles. The third-order valence-electron chi connectivity index (χ3n) is 3.22. The fourth-order valence-electron chi connectivity index (χ4n) is 2.14. The lowest BCUT2D eigenvalue weighted by Gasteiger charge is -2.26. The van der Waals surface area contributed by atoms with Crippen LogP contribution in [0.3, 0.4) is 0 Å². The van der Waals surface area contributed by atoms with Crippen LogP contribution in [0.25, 0.3) is 0 Å². The summed E-state index contributed by atoms with van der Waals surface area (Å²) in [6.45, 7) is 2.08. The smallest absolute Gasteiger partial charge is 0.150 e. The zero-order chi connectivity index (χ0) is 12.3. The summed E-state index contributed by atoms with van der Waals surface area (Å²) in [5.41, 5.74) is 1.14. The van der Waals surface area contributed by atoms with E-state index in [0.29, 0.717) is 30.4 Å². The maximum absolute atomic E-state index is 11.3. The molecule has 17 heavy (non-hydrogen) atoms. The molecule has 0 saturated carbocycles. The lowest BCUT2D eigenvalue weighted by molar-refractivity contribution is 0.419. The van der Waals surface area contributed by atoms with Gasteiger partial charge >= 0.3 is 0 Å². The normalized spacial score (nSPS) is 22.2. The molecule has 1 aliphatic rings. The molecule has 1 N–H and O–H groups in total. The zero-order valence-electron chi connectivity index (χ0n) is 9.96. The van der Waals surface area contributed by atoms with Gasteiger partial charge in [-0.1, -0.05) is 6.07 Å². The fourth-order valence-corrected chi connectivity index (χ4v) is 3.63. The summed E-state index contributed by atoms with van der Waals surface area (Å²) in [4.78, 5) is 4.09. The quantitative estimate of drug-likeness (QED) is 0.883. The molecule has 0 unspecified atom stereocenters. The van der Waals surface area contributed by atoms with E-state index in [1.165, 1.54) is 0 Å². The highest BCUT2D eigenvalue weighted by molar-refractivity contribution is 7.91. The second-order valence-corrected chi connectivity index (χ2v) is 6.90. The first kappa shape index (κ1) is 12.5. The molecule has 1 aromatic rings. The molecule has 1 atom stereocenters. The second-order valence-electron chi connectivity index (χ2n) is 4.60. The number of rotatable bonds is 3. The Morgan fingerprint density at radius 2 is 2.12 bits per heavy atom. The van der Waals surface area contributed by atoms with Crippen molar-refractivity contribution in [1.82, 2.24) is 10.3 Å². The van der Waals surface area contributed by atoms with E-state index in [9.17, 15) is 8.42 Å². The van der Waals surface area contributed by atoms with Crippen molar-refractivity contribution in [3.8, 4) is 0 Å². The van der Waals surface area contributed by atoms with Gasteiger partial charge in [0.25, 0.3) is 0 Å². The molecule has 0 aromatic carbocycles. The SMILES string of the molecule is C[C@H](NC1CCS(=O)(=O)CC1)c1cccnc1. The molecule has 2 rings (SSSR count). The predicted molar refractivity (Wildman–Crippen MR) is 67.5 cm³/mol. The Bertz CT molecular complexity index is 445. The van der Waals surface area contributed by atoms with E-state index in [4.69, 9.17) is 0 Å². The lowest BCUT2D eigenvalue weighted by atomic mass is 10.1. The molecule has 0 aliphatic carbocycles. The van der Waals surface area contributed by atoms with Gasteiger partial charge in [-0.2, -0.15) is 0 Å². The maximum Gasteiger partial charge on any atom is 0.150 e. The molecule has 1 aromatic heterocycles. The molecular formula is C12H18N2O2S. The van der Waals surface area contributed by atoms with Crippen LogP contribution in [0.5, 0.6) is 0 Å². The third-order valence-corrected chi connectivity index (χ3v) is 4.94. The van der Waals surface area contributed by atoms with Crippen molar-refractivity contribution < 1.29 is 8.42 Å². The van der Waals surface area contributed by atoms with Crippen molar-refractivity contribution in [3.63, 3.8) is 0 Å². The molecule has 0 radical (unpaired) electrons. The first-order valence-electron chi connectivity index (χ1n) is 5.93. The standard InChI is InChI=1S/C12H18N2O2S/c1-10(11-3-2-6-13-9-11)14-12-4-7-17(15,16)8-5-12/h2-3,6,9-10,12,14H,4-5,7-8H2,1H3/t10-/m0/s1. The number of hydrogen-bond donors (Lipinski definition) is 1. The third kappa shape index (κ3) is 3.51. The molecule has 0 amide bonds. The summed E-state index contributed by atoms with van der Waals surface area (Å²) in [6.07, 6.45) is 5.03. The van der Waals surface area contributed by atoms with Crippen LogP contribution >= 0.6 is 0 Å². The van der Waals surface area contributed by atoms with Crippen molar-refractivity contribution in [2.45, 2.75) is 31.8 Å². The van der Waals surface area contributed by atoms with Gasteiger partial charge in [0.1, 0.15) is 9.84 Å². The Labute approximate surface area is 102 Å². The van der Waals surface area contributed by atoms with E-state index in [2.05, 4.69) is 17.2 Å². The van der Waals surface area contributed by atoms with Crippen LogP contribution in [0.15, 0.2) is 24.5 Å². The van der Waals surface area contributed by atoms with Gasteiger partial charge in [0, 0.05) is 24.5 Å². The molecule has 2 heterocycles. The van der Waals surface area contributed by atoms with Gasteiger partial charge < -0.3 is 5.32 Å². The van der Waals surface area contributed by atoms with Gasteiger partial charge in [-0.15, -0.1) is 0 Å². The Kier molecular flexibility index (Phi) is 3.79. The molecule has 0 spiro atoms. The van der Waals surface area contributed by atoms with Crippen LogP contribution in [0.2, 0.25) is 0 Å². The fraction of sp³-hybridized carbons (Fsp3) is 0.583. The van der Waals surface area contributed by atoms with Crippen LogP contribution in [0.4, 0.5) is 0 Å². The Morgan fingerprint density at radius 3 is 2.71 bits per heavy atom. The number of sulfone groups is 1. The van der Waals surface area contributed by atoms with E-state index in [1.807, 2.05) is 18.3 Å². The number of nitrogens with zero attached hydrogens (tertiary/aromatic N) is 1. The average molecular weight is 254 g/mol. The second kappa shape index (κ2) is 5.14. The summed E-state index contributed by atoms with van der Waals surface area (Å²) in [6, 6.07) is 4.46. The molecule has 1 fully saturated rings. The number of aromatic nitrogens is 1. The molecular weight excluding hydrogens is 236 g/mol. The highest BCUT2D eigenvalue weighted by atomic mass is 32.2. The largest absolute Gasteiger partial charge is 0.307 e. The molecule has 0 bridgehead atoms. The van der Waals surface area contributed by atoms with Crippen molar-refractivity contribution in [3.05, 3.63) is 30.1 Å². The average Bonchev–Trinajstić information content (AvgIpc) is 2.33. The van der Waals surface area contributed by atoms with Crippen LogP contribution < -0.4 is 5.32 Å². The topological polar surface area (TPSA) is 59.1 Å². The number of pyridine rings is 1. The molecule has 1 saturated heterocycles. The molecule has 94 valence electrons. The summed E-state index contributed by atoms with van der Waals surface area (Å²) >= 11 is 0. The van der Waals surface area contributed by atoms with Gasteiger partial charge in [0.15, 0.2) is 0 Å². The van der Waals surface area contributed by atoms with E-state index < -0.39 is 9.84 Å². The van der Waals surface area contributed by atoms with E-state index >= 15 is 0 Å². The highest BCUT2D eigenvalue weighted by Crippen LogP contribution is 2.17. The van der Waals surface area contributed by atoms with Crippen molar-refractivity contribution in [1.29, 1.82) is 0 Å². The predicted octanol–water partition coefficient (Wildman–Crippen LogP) is 1.31. The minimum absolute atomic E-state index is 0.217. The van der Waals surface area contributed by atoms with Crippen LogP contribution in [0, 0.1) is 0 Å². The maximum atomic E-state index is 11.3.